The number of allylic oxidation sites excluding steroid dienone is 1. The van der Waals surface area contributed by atoms with E-state index in [1.807, 2.05) is 37.3 Å². The first-order valence-corrected chi connectivity index (χ1v) is 20.1. The second-order valence-corrected chi connectivity index (χ2v) is 17.7. The number of sulfonamides is 1. The summed E-state index contributed by atoms with van der Waals surface area (Å²) in [7, 11) is -3.88. The van der Waals surface area contributed by atoms with E-state index in [1.54, 1.807) is 20.8 Å². The van der Waals surface area contributed by atoms with Crippen LogP contribution in [0.3, 0.4) is 0 Å². The number of carbonyl (C=O) groups excluding carboxylic acids is 5. The predicted molar refractivity (Wildman–Crippen MR) is 192 cm³/mol. The zero-order valence-electron chi connectivity index (χ0n) is 30.9. The molecule has 5 atom stereocenters. The number of carbonyl (C=O) groups is 5. The molecule has 3 N–H and O–H groups in total. The van der Waals surface area contributed by atoms with Crippen LogP contribution in [0.4, 0.5) is 9.59 Å². The third-order valence-electron chi connectivity index (χ3n) is 10.7. The molecule has 2 aliphatic carbocycles. The van der Waals surface area contributed by atoms with Gasteiger partial charge in [0.2, 0.25) is 21.8 Å². The Balaban J connectivity index is 1.26. The van der Waals surface area contributed by atoms with Crippen LogP contribution in [-0.4, -0.2) is 96.9 Å². The fraction of sp³-hybridized carbons (Fsp3) is 0.649. The highest BCUT2D eigenvalue weighted by Gasteiger charge is 2.62. The van der Waals surface area contributed by atoms with Gasteiger partial charge in [-0.05, 0) is 61.5 Å². The number of ether oxygens (including phenoxy) is 3. The van der Waals surface area contributed by atoms with Crippen LogP contribution in [0.1, 0.15) is 90.2 Å². The normalized spacial score (nSPS) is 29.0. The Kier molecular flexibility index (Phi) is 11.0. The maximum atomic E-state index is 14.4. The Morgan fingerprint density at radius 1 is 1.04 bits per heavy atom. The fourth-order valence-electron chi connectivity index (χ4n) is 7.36. The number of alkyl carbamates (subject to hydrolysis) is 1. The van der Waals surface area contributed by atoms with Crippen molar-refractivity contribution in [3.05, 3.63) is 41.5 Å². The summed E-state index contributed by atoms with van der Waals surface area (Å²) in [6.07, 6.45) is 5.16. The molecule has 16 heteroatoms. The molecule has 1 aromatic carbocycles. The third-order valence-corrected chi connectivity index (χ3v) is 12.5. The van der Waals surface area contributed by atoms with Crippen LogP contribution in [0.2, 0.25) is 0 Å². The molecular weight excluding hydrogens is 706 g/mol. The summed E-state index contributed by atoms with van der Waals surface area (Å²) in [6, 6.07) is 3.34. The maximum absolute atomic E-state index is 14.4. The maximum Gasteiger partial charge on any atom is 0.410 e. The van der Waals surface area contributed by atoms with Crippen molar-refractivity contribution in [2.24, 2.45) is 11.3 Å². The molecule has 3 heterocycles. The number of nitrogens with zero attached hydrogens (tertiary/aromatic N) is 2. The van der Waals surface area contributed by atoms with Crippen molar-refractivity contribution in [2.75, 3.05) is 19.8 Å². The largest absolute Gasteiger partial charge is 0.493 e. The molecule has 15 nitrogen and oxygen atoms in total. The Bertz CT molecular complexity index is 1760. The van der Waals surface area contributed by atoms with Crippen molar-refractivity contribution in [3.8, 4) is 5.75 Å². The summed E-state index contributed by atoms with van der Waals surface area (Å²) < 4.78 is 45.0. The molecule has 5 amide bonds. The highest BCUT2D eigenvalue weighted by atomic mass is 32.2. The number of amides is 5. The molecule has 1 unspecified atom stereocenters. The zero-order valence-corrected chi connectivity index (χ0v) is 31.7. The summed E-state index contributed by atoms with van der Waals surface area (Å²) in [5.41, 5.74) is -0.481. The summed E-state index contributed by atoms with van der Waals surface area (Å²) in [6.45, 7) is 8.12. The molecule has 5 aliphatic rings. The van der Waals surface area contributed by atoms with Gasteiger partial charge in [0.05, 0.1) is 31.6 Å². The van der Waals surface area contributed by atoms with Crippen LogP contribution in [0.15, 0.2) is 30.4 Å². The van der Waals surface area contributed by atoms with E-state index in [2.05, 4.69) is 15.4 Å². The van der Waals surface area contributed by atoms with E-state index in [0.717, 1.165) is 11.1 Å². The second kappa shape index (κ2) is 15.2. The van der Waals surface area contributed by atoms with E-state index in [-0.39, 0.29) is 38.5 Å². The first kappa shape index (κ1) is 38.4. The standard InChI is InChI=1S/C37H51N5O10S/c1-5-24-19-37(24,33(45)40-53(48,49)26-14-15-26)39-31(43)28-18-25-21-42(28)32(44)30(36(2,3)4)38-34(46)51-17-10-8-6-7-9-16-50-29-13-11-12-23-20-41(22-27(23)29)35(47)52-25/h6-7,11-13,24-26,28,30H,5,8-10,14-22H2,1-4H3,(H,38,46)(H,39,43)(H,40,45)/b7-6+/t24-,25?,28-,30+,37-/m0/s1. The van der Waals surface area contributed by atoms with E-state index in [4.69, 9.17) is 14.2 Å². The molecule has 1 aromatic rings. The van der Waals surface area contributed by atoms with Crippen LogP contribution in [-0.2, 0) is 47.0 Å². The number of hydrogen-bond acceptors (Lipinski definition) is 10. The Labute approximate surface area is 310 Å². The van der Waals surface area contributed by atoms with Gasteiger partial charge in [-0.3, -0.25) is 24.0 Å². The highest BCUT2D eigenvalue weighted by Crippen LogP contribution is 2.47. The lowest BCUT2D eigenvalue weighted by atomic mass is 9.85. The second-order valence-electron chi connectivity index (χ2n) is 15.8. The minimum absolute atomic E-state index is 0.0817. The molecule has 1 saturated heterocycles. The molecule has 3 aliphatic heterocycles. The van der Waals surface area contributed by atoms with Crippen LogP contribution in [0.5, 0.6) is 5.75 Å². The SMILES string of the molecule is CC[C@H]1C[C@@]1(NC(=O)[C@@H]1CC2CN1C(=O)[C@H](C(C)(C)C)NC(=O)OCCC/C=C/CCOc1cccc3c1CN(C3)C(=O)O2)C(=O)NS(=O)(=O)C1CC1. The minimum Gasteiger partial charge on any atom is -0.493 e. The summed E-state index contributed by atoms with van der Waals surface area (Å²) >= 11 is 0. The molecule has 0 radical (unpaired) electrons. The van der Waals surface area contributed by atoms with Crippen molar-refractivity contribution in [1.29, 1.82) is 0 Å². The summed E-state index contributed by atoms with van der Waals surface area (Å²) in [4.78, 5) is 71.5. The third kappa shape index (κ3) is 8.57. The lowest BCUT2D eigenvalue weighted by Gasteiger charge is -2.35. The topological polar surface area (TPSA) is 190 Å². The number of fused-ring (bicyclic) bond motifs is 3. The van der Waals surface area contributed by atoms with E-state index in [0.29, 0.717) is 57.4 Å². The summed E-state index contributed by atoms with van der Waals surface area (Å²) in [5, 5.41) is 4.87. The number of benzene rings is 1. The predicted octanol–water partition coefficient (Wildman–Crippen LogP) is 3.26. The number of rotatable bonds is 6. The smallest absolute Gasteiger partial charge is 0.410 e. The Morgan fingerprint density at radius 3 is 2.49 bits per heavy atom. The van der Waals surface area contributed by atoms with Crippen LogP contribution < -0.4 is 20.1 Å². The molecule has 0 aromatic heterocycles. The lowest BCUT2D eigenvalue weighted by Crippen LogP contribution is -2.60. The van der Waals surface area contributed by atoms with Gasteiger partial charge < -0.3 is 29.7 Å². The van der Waals surface area contributed by atoms with Gasteiger partial charge in [0.1, 0.15) is 29.5 Å². The van der Waals surface area contributed by atoms with Crippen molar-refractivity contribution in [1.82, 2.24) is 25.2 Å². The van der Waals surface area contributed by atoms with Gasteiger partial charge in [-0.25, -0.2) is 18.0 Å². The van der Waals surface area contributed by atoms with Crippen molar-refractivity contribution in [3.63, 3.8) is 0 Å². The molecule has 53 heavy (non-hydrogen) atoms. The van der Waals surface area contributed by atoms with E-state index in [1.165, 1.54) is 9.80 Å². The number of nitrogens with one attached hydrogen (secondary N) is 3. The molecule has 3 fully saturated rings. The average Bonchev–Trinajstić information content (AvgIpc) is 3.99. The van der Waals surface area contributed by atoms with Gasteiger partial charge in [0.15, 0.2) is 0 Å². The van der Waals surface area contributed by atoms with Crippen molar-refractivity contribution in [2.45, 2.75) is 121 Å². The van der Waals surface area contributed by atoms with Gasteiger partial charge in [-0.2, -0.15) is 0 Å². The first-order valence-electron chi connectivity index (χ1n) is 18.6. The monoisotopic (exact) mass is 757 g/mol. The Morgan fingerprint density at radius 2 is 1.79 bits per heavy atom. The number of hydrogen-bond donors (Lipinski definition) is 3. The van der Waals surface area contributed by atoms with Crippen molar-refractivity contribution >= 4 is 39.9 Å². The molecular formula is C37H51N5O10S. The molecule has 290 valence electrons. The Hall–Kier alpha value is -4.34. The van der Waals surface area contributed by atoms with Crippen molar-refractivity contribution < 1.29 is 46.6 Å². The van der Waals surface area contributed by atoms with Gasteiger partial charge in [-0.1, -0.05) is 58.4 Å². The quantitative estimate of drug-likeness (QED) is 0.364. The van der Waals surface area contributed by atoms with Crippen LogP contribution in [0, 0.1) is 11.3 Å². The van der Waals surface area contributed by atoms with Crippen LogP contribution in [0.25, 0.3) is 0 Å². The lowest BCUT2D eigenvalue weighted by molar-refractivity contribution is -0.143. The highest BCUT2D eigenvalue weighted by molar-refractivity contribution is 7.91. The molecule has 6 rings (SSSR count). The zero-order chi connectivity index (χ0) is 38.1. The fourth-order valence-corrected chi connectivity index (χ4v) is 8.72. The molecule has 0 spiro atoms. The number of cyclic esters (lactones) is 1. The van der Waals surface area contributed by atoms with E-state index >= 15 is 0 Å². The minimum atomic E-state index is -3.88. The summed E-state index contributed by atoms with van der Waals surface area (Å²) in [5.74, 6) is -1.71. The van der Waals surface area contributed by atoms with Crippen LogP contribution >= 0.6 is 0 Å². The average molecular weight is 758 g/mol. The van der Waals surface area contributed by atoms with Gasteiger partial charge >= 0.3 is 12.2 Å². The molecule has 4 bridgehead atoms. The van der Waals surface area contributed by atoms with Gasteiger partial charge in [-0.15, -0.1) is 0 Å². The van der Waals surface area contributed by atoms with E-state index < -0.39 is 74.3 Å². The first-order chi connectivity index (χ1) is 25.1. The van der Waals surface area contributed by atoms with Gasteiger partial charge in [0.25, 0.3) is 5.91 Å². The van der Waals surface area contributed by atoms with Gasteiger partial charge in [0, 0.05) is 18.5 Å². The van der Waals surface area contributed by atoms with E-state index in [9.17, 15) is 32.4 Å². The molecule has 2 saturated carbocycles.